The summed E-state index contributed by atoms with van der Waals surface area (Å²) in [5, 5.41) is 0.801. The first-order chi connectivity index (χ1) is 13.0. The zero-order chi connectivity index (χ0) is 18.4. The number of hydrogen-bond acceptors (Lipinski definition) is 4. The minimum Gasteiger partial charge on any atom is -0.348 e. The van der Waals surface area contributed by atoms with E-state index >= 15 is 0 Å². The van der Waals surface area contributed by atoms with E-state index in [1.165, 1.54) is 37.9 Å². The van der Waals surface area contributed by atoms with Crippen LogP contribution < -0.4 is 0 Å². The van der Waals surface area contributed by atoms with Crippen molar-refractivity contribution in [1.82, 2.24) is 0 Å². The van der Waals surface area contributed by atoms with Gasteiger partial charge in [-0.3, -0.25) is 4.79 Å². The molecule has 0 radical (unpaired) electrons. The smallest absolute Gasteiger partial charge is 0.168 e. The molecule has 4 unspecified atom stereocenters. The Labute approximate surface area is 167 Å². The number of ketones is 1. The quantitative estimate of drug-likeness (QED) is 0.651. The van der Waals surface area contributed by atoms with Crippen LogP contribution in [0.5, 0.6) is 0 Å². The van der Waals surface area contributed by atoms with Gasteiger partial charge in [0.2, 0.25) is 0 Å². The minimum absolute atomic E-state index is 0.236. The Balaban J connectivity index is 1.32. The average molecular weight is 391 g/mol. The zero-order valence-corrected chi connectivity index (χ0v) is 17.7. The first kappa shape index (κ1) is 17.8. The molecule has 1 spiro atoms. The van der Waals surface area contributed by atoms with E-state index in [-0.39, 0.29) is 11.2 Å². The molecule has 27 heavy (non-hydrogen) atoms. The molecule has 2 heterocycles. The molecule has 2 bridgehead atoms. The van der Waals surface area contributed by atoms with Gasteiger partial charge in [-0.15, -0.1) is 0 Å². The molecule has 4 heteroatoms. The lowest BCUT2D eigenvalue weighted by Crippen LogP contribution is -2.58. The Morgan fingerprint density at radius 2 is 1.81 bits per heavy atom. The molecule has 4 saturated carbocycles. The van der Waals surface area contributed by atoms with Crippen LogP contribution in [0.15, 0.2) is 0 Å². The highest BCUT2D eigenvalue weighted by molar-refractivity contribution is 8.00. The van der Waals surface area contributed by atoms with Gasteiger partial charge in [-0.1, -0.05) is 6.92 Å². The summed E-state index contributed by atoms with van der Waals surface area (Å²) in [6.45, 7) is 5.90. The lowest BCUT2D eigenvalue weighted by atomic mass is 9.44. The van der Waals surface area contributed by atoms with Crippen molar-refractivity contribution in [2.75, 3.05) is 19.0 Å². The van der Waals surface area contributed by atoms with E-state index in [0.717, 1.165) is 61.4 Å². The summed E-state index contributed by atoms with van der Waals surface area (Å²) < 4.78 is 12.3. The Hall–Kier alpha value is -0.0600. The number of hydrogen-bond donors (Lipinski definition) is 0. The summed E-state index contributed by atoms with van der Waals surface area (Å²) in [6.07, 6.45) is 10.1. The Kier molecular flexibility index (Phi) is 3.79. The average Bonchev–Trinajstić information content (AvgIpc) is 3.30. The van der Waals surface area contributed by atoms with Gasteiger partial charge in [0.1, 0.15) is 5.78 Å². The number of fused-ring (bicyclic) bond motifs is 3. The third-order valence-electron chi connectivity index (χ3n) is 10.2. The summed E-state index contributed by atoms with van der Waals surface area (Å²) in [6, 6.07) is 0. The third kappa shape index (κ3) is 2.21. The van der Waals surface area contributed by atoms with Crippen LogP contribution >= 0.6 is 11.8 Å². The largest absolute Gasteiger partial charge is 0.348 e. The first-order valence-corrected chi connectivity index (χ1v) is 12.4. The molecule has 6 aliphatic rings. The highest BCUT2D eigenvalue weighted by Crippen LogP contribution is 2.73. The number of thioether (sulfide) groups is 1. The fourth-order valence-electron chi connectivity index (χ4n) is 9.13. The van der Waals surface area contributed by atoms with Crippen molar-refractivity contribution in [2.45, 2.75) is 76.3 Å². The van der Waals surface area contributed by atoms with Crippen molar-refractivity contribution in [3.63, 3.8) is 0 Å². The SMILES string of the molecule is CC(=O)[C@H]1CCC2C3C[C@H]4SC[C@@]5(CCC6(CC45)OCCO6)C3CC[C@@]21C. The maximum atomic E-state index is 12.3. The Morgan fingerprint density at radius 1 is 1.00 bits per heavy atom. The van der Waals surface area contributed by atoms with Crippen LogP contribution in [0.4, 0.5) is 0 Å². The van der Waals surface area contributed by atoms with E-state index in [4.69, 9.17) is 9.47 Å². The van der Waals surface area contributed by atoms with E-state index in [2.05, 4.69) is 18.7 Å². The van der Waals surface area contributed by atoms with Gasteiger partial charge in [0.25, 0.3) is 0 Å². The van der Waals surface area contributed by atoms with E-state index < -0.39 is 0 Å². The fraction of sp³-hybridized carbons (Fsp3) is 0.957. The monoisotopic (exact) mass is 390 g/mol. The second-order valence-corrected chi connectivity index (χ2v) is 12.1. The maximum absolute atomic E-state index is 12.3. The first-order valence-electron chi connectivity index (χ1n) is 11.4. The van der Waals surface area contributed by atoms with Crippen molar-refractivity contribution in [3.05, 3.63) is 0 Å². The molecule has 0 aromatic rings. The summed E-state index contributed by atoms with van der Waals surface area (Å²) in [4.78, 5) is 12.3. The molecular weight excluding hydrogens is 356 g/mol. The highest BCUT2D eigenvalue weighted by Gasteiger charge is 2.68. The number of carbonyl (C=O) groups is 1. The molecular formula is C23H34O3S. The lowest BCUT2D eigenvalue weighted by molar-refractivity contribution is -0.224. The number of ether oxygens (including phenoxy) is 2. The van der Waals surface area contributed by atoms with Crippen LogP contribution in [0.2, 0.25) is 0 Å². The second-order valence-electron chi connectivity index (χ2n) is 10.9. The topological polar surface area (TPSA) is 35.5 Å². The number of rotatable bonds is 1. The van der Waals surface area contributed by atoms with Gasteiger partial charge in [-0.25, -0.2) is 0 Å². The summed E-state index contributed by atoms with van der Waals surface area (Å²) in [5.41, 5.74) is 0.822. The number of carbonyl (C=O) groups excluding carboxylic acids is 1. The maximum Gasteiger partial charge on any atom is 0.168 e. The van der Waals surface area contributed by atoms with Gasteiger partial charge < -0.3 is 9.47 Å². The molecule has 0 aromatic heterocycles. The van der Waals surface area contributed by atoms with Gasteiger partial charge in [0.05, 0.1) is 13.2 Å². The van der Waals surface area contributed by atoms with Crippen LogP contribution in [0.3, 0.4) is 0 Å². The van der Waals surface area contributed by atoms with E-state index in [0.29, 0.717) is 17.1 Å². The van der Waals surface area contributed by atoms with Crippen LogP contribution in [0.1, 0.15) is 65.2 Å². The van der Waals surface area contributed by atoms with Gasteiger partial charge in [-0.05, 0) is 85.7 Å². The molecule has 0 aromatic carbocycles. The molecule has 6 fully saturated rings. The molecule has 2 saturated heterocycles. The van der Waals surface area contributed by atoms with E-state index in [9.17, 15) is 4.79 Å². The normalized spacial score (nSPS) is 55.2. The van der Waals surface area contributed by atoms with Crippen LogP contribution in [0, 0.1) is 40.4 Å². The summed E-state index contributed by atoms with van der Waals surface area (Å²) in [7, 11) is 0. The second kappa shape index (κ2) is 5.76. The molecule has 0 N–H and O–H groups in total. The van der Waals surface area contributed by atoms with Gasteiger partial charge in [0, 0.05) is 24.0 Å². The van der Waals surface area contributed by atoms with E-state index in [1.807, 2.05) is 6.92 Å². The Morgan fingerprint density at radius 3 is 2.59 bits per heavy atom. The van der Waals surface area contributed by atoms with Crippen LogP contribution in [-0.4, -0.2) is 35.8 Å². The Bertz CT molecular complexity index is 658. The molecule has 2 aliphatic heterocycles. The zero-order valence-electron chi connectivity index (χ0n) is 16.9. The van der Waals surface area contributed by atoms with Crippen molar-refractivity contribution in [2.24, 2.45) is 40.4 Å². The van der Waals surface area contributed by atoms with Crippen LogP contribution in [0.25, 0.3) is 0 Å². The molecule has 0 amide bonds. The van der Waals surface area contributed by atoms with Crippen molar-refractivity contribution < 1.29 is 14.3 Å². The summed E-state index contributed by atoms with van der Waals surface area (Å²) >= 11 is 2.28. The predicted molar refractivity (Wildman–Crippen MR) is 106 cm³/mol. The third-order valence-corrected chi connectivity index (χ3v) is 11.9. The minimum atomic E-state index is -0.236. The van der Waals surface area contributed by atoms with Gasteiger partial charge in [0.15, 0.2) is 5.79 Å². The standard InChI is InChI=1S/C23H34O3S/c1-14(24)16-3-4-17-15-11-20-19-12-23(25-9-10-26-23)8-7-22(19,13-27-20)18(15)5-6-21(16,17)2/h15-20H,3-13H2,1-2H3/t15?,16-,17?,18?,19?,20-,21-,22+/m1/s1. The van der Waals surface area contributed by atoms with Crippen molar-refractivity contribution >= 4 is 17.5 Å². The fourth-order valence-corrected chi connectivity index (χ4v) is 11.2. The van der Waals surface area contributed by atoms with Gasteiger partial charge in [-0.2, -0.15) is 11.8 Å². The lowest BCUT2D eigenvalue weighted by Gasteiger charge is -2.61. The molecule has 3 nitrogen and oxygen atoms in total. The summed E-state index contributed by atoms with van der Waals surface area (Å²) in [5.74, 6) is 5.26. The highest BCUT2D eigenvalue weighted by atomic mass is 32.2. The predicted octanol–water partition coefficient (Wildman–Crippen LogP) is 4.68. The van der Waals surface area contributed by atoms with Gasteiger partial charge >= 0.3 is 0 Å². The molecule has 8 atom stereocenters. The van der Waals surface area contributed by atoms with Crippen molar-refractivity contribution in [3.8, 4) is 0 Å². The van der Waals surface area contributed by atoms with Crippen LogP contribution in [-0.2, 0) is 14.3 Å². The number of Topliss-reactive ketones (excluding diaryl/α,β-unsaturated/α-hetero) is 1. The molecule has 150 valence electrons. The molecule has 4 aliphatic carbocycles. The molecule has 6 rings (SSSR count). The van der Waals surface area contributed by atoms with Crippen molar-refractivity contribution in [1.29, 1.82) is 0 Å². The van der Waals surface area contributed by atoms with E-state index in [1.54, 1.807) is 0 Å².